The Kier molecular flexibility index (Phi) is 12.4. The number of hydrogen-bond acceptors (Lipinski definition) is 12. The van der Waals surface area contributed by atoms with Crippen LogP contribution in [0.15, 0.2) is 35.1 Å². The first-order valence-corrected chi connectivity index (χ1v) is 15.7. The molecule has 2 aromatic rings. The third-order valence-electron chi connectivity index (χ3n) is 7.85. The smallest absolute Gasteiger partial charge is 0.415 e. The Hall–Kier alpha value is -5.12. The molecule has 16 heteroatoms. The Morgan fingerprint density at radius 1 is 1.04 bits per heavy atom. The number of morpholine rings is 1. The number of nitrogens with one attached hydrogen (secondary N) is 3. The Morgan fingerprint density at radius 3 is 2.33 bits per heavy atom. The van der Waals surface area contributed by atoms with Crippen molar-refractivity contribution in [3.8, 4) is 11.3 Å². The van der Waals surface area contributed by atoms with Crippen LogP contribution in [0.4, 0.5) is 4.79 Å². The van der Waals surface area contributed by atoms with Crippen LogP contribution in [0.2, 0.25) is 0 Å². The van der Waals surface area contributed by atoms with E-state index in [4.69, 9.17) is 24.4 Å². The van der Waals surface area contributed by atoms with Crippen molar-refractivity contribution in [3.63, 3.8) is 0 Å². The van der Waals surface area contributed by atoms with Crippen molar-refractivity contribution in [1.29, 1.82) is 5.41 Å². The van der Waals surface area contributed by atoms with Gasteiger partial charge in [0.25, 0.3) is 11.5 Å². The summed E-state index contributed by atoms with van der Waals surface area (Å²) in [5.41, 5.74) is 0.0472. The van der Waals surface area contributed by atoms with Crippen molar-refractivity contribution in [2.24, 2.45) is 5.92 Å². The average molecular weight is 669 g/mol. The van der Waals surface area contributed by atoms with Crippen LogP contribution in [0.5, 0.6) is 0 Å². The number of carbonyl (C=O) groups excluding carboxylic acids is 5. The van der Waals surface area contributed by atoms with Gasteiger partial charge in [0.2, 0.25) is 12.2 Å². The molecule has 2 aliphatic rings. The number of esters is 2. The number of alkyl carbamates (subject to hydrolysis) is 1. The van der Waals surface area contributed by atoms with Gasteiger partial charge >= 0.3 is 18.0 Å². The molecular weight excluding hydrogens is 628 g/mol. The van der Waals surface area contributed by atoms with Gasteiger partial charge in [-0.15, -0.1) is 0 Å². The number of ether oxygens (including phenoxy) is 4. The molecule has 2 heterocycles. The van der Waals surface area contributed by atoms with Gasteiger partial charge in [0, 0.05) is 44.1 Å². The average Bonchev–Trinajstić information content (AvgIpc) is 3.06. The summed E-state index contributed by atoms with van der Waals surface area (Å²) in [6, 6.07) is 7.29. The number of hydrogen-bond donors (Lipinski definition) is 3. The van der Waals surface area contributed by atoms with Crippen molar-refractivity contribution in [1.82, 2.24) is 25.3 Å². The molecule has 3 N–H and O–H groups in total. The fourth-order valence-corrected chi connectivity index (χ4v) is 5.41. The molecule has 1 aromatic heterocycles. The van der Waals surface area contributed by atoms with E-state index in [2.05, 4.69) is 15.7 Å². The Morgan fingerprint density at radius 2 is 1.71 bits per heavy atom. The molecule has 258 valence electrons. The van der Waals surface area contributed by atoms with Crippen LogP contribution in [0, 0.1) is 11.3 Å². The minimum Gasteiger partial charge on any atom is -0.466 e. The van der Waals surface area contributed by atoms with Gasteiger partial charge in [0.1, 0.15) is 17.9 Å². The zero-order valence-corrected chi connectivity index (χ0v) is 27.1. The van der Waals surface area contributed by atoms with E-state index in [1.165, 1.54) is 32.0 Å². The molecule has 1 aliphatic heterocycles. The molecule has 1 unspecified atom stereocenters. The first-order chi connectivity index (χ1) is 22.9. The van der Waals surface area contributed by atoms with Crippen LogP contribution < -0.4 is 16.2 Å². The first kappa shape index (κ1) is 35.7. The molecule has 1 aromatic carbocycles. The van der Waals surface area contributed by atoms with Gasteiger partial charge in [0.05, 0.1) is 31.4 Å². The topological polar surface area (TPSA) is 208 Å². The highest BCUT2D eigenvalue weighted by atomic mass is 16.7. The normalized spacial score (nSPS) is 18.2. The van der Waals surface area contributed by atoms with Crippen molar-refractivity contribution in [3.05, 3.63) is 51.8 Å². The summed E-state index contributed by atoms with van der Waals surface area (Å²) in [6.07, 6.45) is 0.0106. The van der Waals surface area contributed by atoms with E-state index in [9.17, 15) is 28.8 Å². The Bertz CT molecular complexity index is 1580. The van der Waals surface area contributed by atoms with E-state index in [1.54, 1.807) is 24.0 Å². The van der Waals surface area contributed by atoms with Gasteiger partial charge in [-0.05, 0) is 38.7 Å². The molecule has 1 saturated carbocycles. The monoisotopic (exact) mass is 668 g/mol. The molecule has 48 heavy (non-hydrogen) atoms. The maximum atomic E-state index is 13.5. The highest BCUT2D eigenvalue weighted by molar-refractivity contribution is 6.04. The lowest BCUT2D eigenvalue weighted by Gasteiger charge is -2.28. The molecule has 1 aliphatic carbocycles. The van der Waals surface area contributed by atoms with Crippen molar-refractivity contribution in [2.75, 3.05) is 32.9 Å². The second kappa shape index (κ2) is 16.6. The molecule has 0 bridgehead atoms. The number of amides is 3. The number of benzene rings is 1. The molecule has 0 radical (unpaired) electrons. The molecule has 16 nitrogen and oxygen atoms in total. The fourth-order valence-electron chi connectivity index (χ4n) is 5.41. The fraction of sp³-hybridized carbons (Fsp3) is 0.500. The van der Waals surface area contributed by atoms with Crippen LogP contribution in [0.25, 0.3) is 11.3 Å². The van der Waals surface area contributed by atoms with E-state index >= 15 is 0 Å². The molecule has 4 rings (SSSR count). The third kappa shape index (κ3) is 9.70. The predicted molar refractivity (Wildman–Crippen MR) is 169 cm³/mol. The number of amidine groups is 1. The summed E-state index contributed by atoms with van der Waals surface area (Å²) in [5.74, 6) is -2.39. The predicted octanol–water partition coefficient (Wildman–Crippen LogP) is 1.58. The van der Waals surface area contributed by atoms with Gasteiger partial charge in [-0.2, -0.15) is 5.10 Å². The van der Waals surface area contributed by atoms with Gasteiger partial charge in [-0.1, -0.05) is 24.3 Å². The first-order valence-electron chi connectivity index (χ1n) is 15.7. The molecule has 1 saturated heterocycles. The van der Waals surface area contributed by atoms with Crippen LogP contribution in [-0.2, 0) is 39.9 Å². The van der Waals surface area contributed by atoms with Crippen LogP contribution in [-0.4, -0.2) is 95.6 Å². The largest absolute Gasteiger partial charge is 0.466 e. The SMILES string of the molecule is CCOC(=O)[C@H]1CC[C@H](NC(=O)c2cc(-c3ccc(C(=N)NC(=O)OC(C)OC(C)=O)cc3)nn(CC(=O)N3CCOCC3)c2=O)CC1. The number of rotatable bonds is 10. The minimum atomic E-state index is -1.15. The Balaban J connectivity index is 1.53. The second-order valence-corrected chi connectivity index (χ2v) is 11.3. The molecular formula is C32H40N6O10. The molecule has 3 amide bonds. The number of aromatic nitrogens is 2. The zero-order chi connectivity index (χ0) is 34.8. The highest BCUT2D eigenvalue weighted by Crippen LogP contribution is 2.26. The molecule has 2 fully saturated rings. The lowest BCUT2D eigenvalue weighted by atomic mass is 9.86. The highest BCUT2D eigenvalue weighted by Gasteiger charge is 2.29. The van der Waals surface area contributed by atoms with Gasteiger partial charge < -0.3 is 29.2 Å². The summed E-state index contributed by atoms with van der Waals surface area (Å²) in [5, 5.41) is 17.8. The van der Waals surface area contributed by atoms with Gasteiger partial charge in [-0.25, -0.2) is 9.48 Å². The van der Waals surface area contributed by atoms with Crippen LogP contribution >= 0.6 is 0 Å². The van der Waals surface area contributed by atoms with Crippen molar-refractivity contribution >= 4 is 35.7 Å². The third-order valence-corrected chi connectivity index (χ3v) is 7.85. The minimum absolute atomic E-state index is 0.203. The van der Waals surface area contributed by atoms with E-state index in [1.807, 2.05) is 0 Å². The Labute approximate surface area is 276 Å². The van der Waals surface area contributed by atoms with E-state index in [-0.39, 0.29) is 40.9 Å². The quantitative estimate of drug-likeness (QED) is 0.143. The van der Waals surface area contributed by atoms with Crippen molar-refractivity contribution in [2.45, 2.75) is 65.3 Å². The molecule has 0 spiro atoms. The van der Waals surface area contributed by atoms with Gasteiger partial charge in [0.15, 0.2) is 0 Å². The number of carbonyl (C=O) groups is 5. The summed E-state index contributed by atoms with van der Waals surface area (Å²) in [7, 11) is 0. The zero-order valence-electron chi connectivity index (χ0n) is 27.1. The van der Waals surface area contributed by atoms with Crippen molar-refractivity contribution < 1.29 is 42.9 Å². The maximum Gasteiger partial charge on any atom is 0.415 e. The van der Waals surface area contributed by atoms with Gasteiger partial charge in [-0.3, -0.25) is 34.7 Å². The lowest BCUT2D eigenvalue weighted by Crippen LogP contribution is -2.45. The summed E-state index contributed by atoms with van der Waals surface area (Å²) >= 11 is 0. The summed E-state index contributed by atoms with van der Waals surface area (Å²) in [6.45, 7) is 5.66. The van der Waals surface area contributed by atoms with Crippen LogP contribution in [0.3, 0.4) is 0 Å². The van der Waals surface area contributed by atoms with E-state index in [0.29, 0.717) is 69.7 Å². The van der Waals surface area contributed by atoms with E-state index < -0.39 is 36.4 Å². The number of nitrogens with zero attached hydrogens (tertiary/aromatic N) is 3. The second-order valence-electron chi connectivity index (χ2n) is 11.3. The lowest BCUT2D eigenvalue weighted by molar-refractivity contribution is -0.161. The summed E-state index contributed by atoms with van der Waals surface area (Å²) < 4.78 is 21.0. The van der Waals surface area contributed by atoms with E-state index in [0.717, 1.165) is 4.68 Å². The summed E-state index contributed by atoms with van der Waals surface area (Å²) in [4.78, 5) is 76.9. The van der Waals surface area contributed by atoms with Crippen LogP contribution in [0.1, 0.15) is 62.4 Å². The maximum absolute atomic E-state index is 13.5. The standard InChI is InChI=1S/C32H40N6O10/c1-4-46-31(43)23-9-11-24(12-10-23)34-29(41)25-17-26(36-38(30(25)42)18-27(40)37-13-15-45-16-14-37)21-5-7-22(8-6-21)28(33)35-32(44)48-20(3)47-19(2)39/h5-8,17,20,23-24H,4,9-16,18H2,1-3H3,(H,34,41)(H2,33,35,44)/t20?,23-,24-. The molecule has 1 atom stereocenters.